The van der Waals surface area contributed by atoms with Crippen molar-refractivity contribution in [2.45, 2.75) is 128 Å². The van der Waals surface area contributed by atoms with Crippen LogP contribution in [0.1, 0.15) is 85.3 Å². The van der Waals surface area contributed by atoms with E-state index >= 15 is 0 Å². The van der Waals surface area contributed by atoms with Gasteiger partial charge in [0.1, 0.15) is 6.29 Å². The van der Waals surface area contributed by atoms with Gasteiger partial charge in [-0.1, -0.05) is 27.7 Å². The summed E-state index contributed by atoms with van der Waals surface area (Å²) < 4.78 is 0. The summed E-state index contributed by atoms with van der Waals surface area (Å²) in [5.41, 5.74) is 6.13. The third-order valence-electron chi connectivity index (χ3n) is 9.65. The summed E-state index contributed by atoms with van der Waals surface area (Å²) in [4.78, 5) is 123. The van der Waals surface area contributed by atoms with Crippen LogP contribution in [0.25, 0.3) is 0 Å². The number of H-pyrrole nitrogens is 1. The summed E-state index contributed by atoms with van der Waals surface area (Å²) in [6.07, 6.45) is 3.57. The largest absolute Gasteiger partial charge is 0.481 e. The van der Waals surface area contributed by atoms with Gasteiger partial charge in [-0.2, -0.15) is 0 Å². The minimum Gasteiger partial charge on any atom is -0.481 e. The van der Waals surface area contributed by atoms with E-state index in [9.17, 15) is 48.3 Å². The predicted molar refractivity (Wildman–Crippen MR) is 209 cm³/mol. The molecule has 10 N–H and O–H groups in total. The molecule has 2 amide bonds. The van der Waals surface area contributed by atoms with Gasteiger partial charge in [-0.25, -0.2) is 4.98 Å². The fourth-order valence-electron chi connectivity index (χ4n) is 6.47. The zero-order valence-corrected chi connectivity index (χ0v) is 34.0. The average Bonchev–Trinajstić information content (AvgIpc) is 3.84. The first-order chi connectivity index (χ1) is 27.3. The molecule has 2 rings (SSSR count). The van der Waals surface area contributed by atoms with Gasteiger partial charge in [0.15, 0.2) is 11.6 Å². The lowest BCUT2D eigenvalue weighted by Gasteiger charge is -2.27. The Morgan fingerprint density at radius 2 is 1.57 bits per heavy atom. The Bertz CT molecular complexity index is 1570. The summed E-state index contributed by atoms with van der Waals surface area (Å²) in [5.74, 6) is -6.70. The number of carbonyl (C=O) groups is 9. The zero-order chi connectivity index (χ0) is 43.5. The second-order valence-corrected chi connectivity index (χ2v) is 15.6. The molecule has 0 saturated carbocycles. The van der Waals surface area contributed by atoms with E-state index in [0.717, 1.165) is 6.29 Å². The molecule has 20 heteroatoms. The van der Waals surface area contributed by atoms with Crippen LogP contribution < -0.4 is 32.3 Å². The lowest BCUT2D eigenvalue weighted by atomic mass is 9.94. The first-order valence-corrected chi connectivity index (χ1v) is 19.6. The third-order valence-corrected chi connectivity index (χ3v) is 9.65. The molecule has 1 fully saturated rings. The van der Waals surface area contributed by atoms with Crippen molar-refractivity contribution >= 4 is 53.2 Å². The smallest absolute Gasteiger partial charge is 0.305 e. The predicted octanol–water partition coefficient (Wildman–Crippen LogP) is -1.53. The third kappa shape index (κ3) is 17.4. The highest BCUT2D eigenvalue weighted by Crippen LogP contribution is 2.20. The number of hydrogen-bond acceptors (Lipinski definition) is 15. The number of carboxylic acids is 2. The molecule has 7 atom stereocenters. The maximum absolute atomic E-state index is 13.8. The summed E-state index contributed by atoms with van der Waals surface area (Å²) in [6, 6.07) is -7.22. The minimum absolute atomic E-state index is 0.0635. The van der Waals surface area contributed by atoms with E-state index < -0.39 is 96.7 Å². The van der Waals surface area contributed by atoms with E-state index in [1.165, 1.54) is 12.5 Å². The van der Waals surface area contributed by atoms with E-state index in [4.69, 9.17) is 10.8 Å². The molecule has 2 heterocycles. The Morgan fingerprint density at radius 1 is 0.897 bits per heavy atom. The molecule has 1 aliphatic rings. The minimum atomic E-state index is -1.46. The molecule has 1 aromatic rings. The highest BCUT2D eigenvalue weighted by Gasteiger charge is 2.39. The number of aromatic amines is 1. The van der Waals surface area contributed by atoms with Crippen molar-refractivity contribution in [3.63, 3.8) is 0 Å². The maximum atomic E-state index is 13.8. The Hall–Kier alpha value is -4.76. The van der Waals surface area contributed by atoms with E-state index in [1.54, 1.807) is 25.7 Å². The highest BCUT2D eigenvalue weighted by atomic mass is 16.4. The fraction of sp³-hybridized carbons (Fsp3) is 0.684. The number of aldehydes is 1. The molecule has 0 spiro atoms. The number of likely N-dealkylation sites (tertiary alicyclic amines) is 1. The molecule has 0 radical (unpaired) electrons. The van der Waals surface area contributed by atoms with Crippen molar-refractivity contribution in [2.75, 3.05) is 26.3 Å². The lowest BCUT2D eigenvalue weighted by Crippen LogP contribution is -2.56. The molecule has 1 aromatic heterocycles. The summed E-state index contributed by atoms with van der Waals surface area (Å²) >= 11 is 0. The summed E-state index contributed by atoms with van der Waals surface area (Å²) in [5, 5.41) is 32.3. The van der Waals surface area contributed by atoms with Crippen molar-refractivity contribution in [2.24, 2.45) is 17.6 Å². The molecule has 20 nitrogen and oxygen atoms in total. The molecule has 324 valence electrons. The number of nitrogens with one attached hydrogen (secondary N) is 6. The van der Waals surface area contributed by atoms with Crippen molar-refractivity contribution in [1.82, 2.24) is 41.5 Å². The number of aliphatic carboxylic acids is 2. The van der Waals surface area contributed by atoms with Gasteiger partial charge in [0.2, 0.25) is 23.4 Å². The molecule has 0 aliphatic carbocycles. The molecule has 0 unspecified atom stereocenters. The number of carboxylic acid groups (broad SMARTS) is 2. The Morgan fingerprint density at radius 3 is 2.16 bits per heavy atom. The van der Waals surface area contributed by atoms with Crippen LogP contribution in [0, 0.1) is 11.8 Å². The first-order valence-electron chi connectivity index (χ1n) is 19.6. The number of nitrogens with zero attached hydrogens (tertiary/aromatic N) is 2. The highest BCUT2D eigenvalue weighted by molar-refractivity contribution is 6.41. The Labute approximate surface area is 338 Å². The molecule has 1 aliphatic heterocycles. The van der Waals surface area contributed by atoms with Crippen LogP contribution in [0.2, 0.25) is 0 Å². The number of amides is 2. The van der Waals surface area contributed by atoms with Crippen molar-refractivity contribution in [1.29, 1.82) is 0 Å². The van der Waals surface area contributed by atoms with Crippen LogP contribution in [0.4, 0.5) is 0 Å². The summed E-state index contributed by atoms with van der Waals surface area (Å²) in [6.45, 7) is 9.18. The first kappa shape index (κ1) is 49.4. The summed E-state index contributed by atoms with van der Waals surface area (Å²) in [7, 11) is 0. The molecule has 0 aromatic carbocycles. The van der Waals surface area contributed by atoms with Crippen LogP contribution in [-0.2, 0) is 49.6 Å². The SMILES string of the molecule is CC(C)C[C@@H](C=O)NCN[C@@H](C)C(=O)CN1CCC[C@H]1C(=O)C(=O)[C@H](CC(C)C)NC(=O)[C@H](CCC(=O)O)NCC(=O)[C@H](Cc1cnc[nH]1)NC(=O)[C@@H](N)CC(=O)O. The quantitative estimate of drug-likeness (QED) is 0.0242. The van der Waals surface area contributed by atoms with E-state index in [1.807, 2.05) is 13.8 Å². The Kier molecular flexibility index (Phi) is 21.2. The normalized spacial score (nSPS) is 17.5. The van der Waals surface area contributed by atoms with Crippen LogP contribution in [0.15, 0.2) is 12.5 Å². The van der Waals surface area contributed by atoms with Crippen LogP contribution >= 0.6 is 0 Å². The topological polar surface area (TPSA) is 312 Å². The van der Waals surface area contributed by atoms with Crippen molar-refractivity contribution in [3.05, 3.63) is 18.2 Å². The van der Waals surface area contributed by atoms with Crippen molar-refractivity contribution in [3.8, 4) is 0 Å². The Balaban J connectivity index is 2.15. The number of rotatable bonds is 30. The van der Waals surface area contributed by atoms with Gasteiger partial charge >= 0.3 is 11.9 Å². The number of carbonyl (C=O) groups excluding carboxylic acids is 7. The van der Waals surface area contributed by atoms with E-state index in [0.29, 0.717) is 37.4 Å². The van der Waals surface area contributed by atoms with Gasteiger partial charge in [-0.15, -0.1) is 0 Å². The zero-order valence-electron chi connectivity index (χ0n) is 34.0. The monoisotopic (exact) mass is 819 g/mol. The molecule has 0 bridgehead atoms. The number of nitrogens with two attached hydrogens (primary N) is 1. The van der Waals surface area contributed by atoms with Gasteiger partial charge in [0.05, 0.1) is 68.1 Å². The van der Waals surface area contributed by atoms with Crippen LogP contribution in [-0.4, -0.2) is 147 Å². The van der Waals surface area contributed by atoms with Gasteiger partial charge in [0.25, 0.3) is 0 Å². The van der Waals surface area contributed by atoms with Gasteiger partial charge in [-0.05, 0) is 57.4 Å². The molecular weight excluding hydrogens is 758 g/mol. The van der Waals surface area contributed by atoms with Gasteiger partial charge in [0, 0.05) is 31.4 Å². The second kappa shape index (κ2) is 24.9. The van der Waals surface area contributed by atoms with Gasteiger partial charge < -0.3 is 36.4 Å². The number of hydrogen-bond donors (Lipinski definition) is 9. The number of Topliss-reactive ketones (excluding diaryl/α,β-unsaturated/α-hetero) is 4. The lowest BCUT2D eigenvalue weighted by molar-refractivity contribution is -0.142. The molecule has 58 heavy (non-hydrogen) atoms. The average molecular weight is 820 g/mol. The number of imidazole rings is 1. The number of aromatic nitrogens is 2. The standard InChI is InChI=1S/C38H61N9O11/c1-21(2)11-25(18-48)44-20-42-23(5)32(50)17-47-10-6-7-30(47)36(56)35(55)29(12-22(3)4)46-38(58)27(8-9-33(51)52)41-16-31(49)28(13-24-15-40-19-43-24)45-37(57)26(39)14-34(53)54/h15,18-19,21-23,25-30,41-42,44H,6-14,16-17,20,39H2,1-5H3,(H,40,43)(H,45,57)(H,46,58)(H,51,52)(H,53,54)/t23-,25-,26-,27-,28-,29-,30-/m0/s1. The van der Waals surface area contributed by atoms with Crippen LogP contribution in [0.3, 0.4) is 0 Å². The van der Waals surface area contributed by atoms with E-state index in [2.05, 4.69) is 36.6 Å². The van der Waals surface area contributed by atoms with Crippen molar-refractivity contribution < 1.29 is 53.4 Å². The second-order valence-electron chi connectivity index (χ2n) is 15.6. The maximum Gasteiger partial charge on any atom is 0.305 e. The number of ketones is 4. The van der Waals surface area contributed by atoms with Crippen LogP contribution in [0.5, 0.6) is 0 Å². The van der Waals surface area contributed by atoms with Gasteiger partial charge in [-0.3, -0.25) is 59.2 Å². The fourth-order valence-corrected chi connectivity index (χ4v) is 6.47. The molecular formula is C38H61N9O11. The molecule has 1 saturated heterocycles. The van der Waals surface area contributed by atoms with E-state index in [-0.39, 0.29) is 50.2 Å².